The first-order chi connectivity index (χ1) is 10.0. The predicted molar refractivity (Wildman–Crippen MR) is 81.9 cm³/mol. The minimum absolute atomic E-state index is 0.276. The Balaban J connectivity index is 1.98. The number of rotatable bonds is 6. The van der Waals surface area contributed by atoms with Crippen LogP contribution in [-0.4, -0.2) is 6.11 Å². The van der Waals surface area contributed by atoms with Crippen LogP contribution in [0.2, 0.25) is 0 Å². The molecule has 0 aromatic heterocycles. The Labute approximate surface area is 126 Å². The van der Waals surface area contributed by atoms with E-state index in [0.29, 0.717) is 18.8 Å². The van der Waals surface area contributed by atoms with Crippen molar-refractivity contribution >= 4 is 0 Å². The van der Waals surface area contributed by atoms with Gasteiger partial charge in [-0.15, -0.1) is 0 Å². The summed E-state index contributed by atoms with van der Waals surface area (Å²) in [6, 6.07) is 7.18. The van der Waals surface area contributed by atoms with E-state index in [1.807, 2.05) is 12.1 Å². The third-order valence-electron chi connectivity index (χ3n) is 4.51. The van der Waals surface area contributed by atoms with Gasteiger partial charge in [-0.25, -0.2) is 0 Å². The fourth-order valence-corrected chi connectivity index (χ4v) is 3.14. The highest BCUT2D eigenvalue weighted by Crippen LogP contribution is 2.38. The van der Waals surface area contributed by atoms with Crippen LogP contribution in [0, 0.1) is 5.92 Å². The SMILES string of the molecule is CCCC(C)c1ccc(OC(F)(F)C2CCCCC2)cc1. The minimum atomic E-state index is -3.04. The number of halogens is 2. The van der Waals surface area contributed by atoms with Crippen molar-refractivity contribution < 1.29 is 13.5 Å². The van der Waals surface area contributed by atoms with Gasteiger partial charge in [-0.3, -0.25) is 0 Å². The lowest BCUT2D eigenvalue weighted by Gasteiger charge is -2.29. The lowest BCUT2D eigenvalue weighted by atomic mass is 9.88. The molecule has 1 unspecified atom stereocenters. The number of hydrogen-bond donors (Lipinski definition) is 0. The molecule has 0 radical (unpaired) electrons. The Hall–Kier alpha value is -1.12. The van der Waals surface area contributed by atoms with Crippen molar-refractivity contribution in [3.8, 4) is 5.75 Å². The number of hydrogen-bond acceptors (Lipinski definition) is 1. The molecule has 0 amide bonds. The van der Waals surface area contributed by atoms with Crippen LogP contribution in [0.4, 0.5) is 8.78 Å². The van der Waals surface area contributed by atoms with Crippen LogP contribution >= 0.6 is 0 Å². The highest BCUT2D eigenvalue weighted by Gasteiger charge is 2.42. The average Bonchev–Trinajstić information content (AvgIpc) is 2.49. The van der Waals surface area contributed by atoms with Crippen molar-refractivity contribution in [1.29, 1.82) is 0 Å². The summed E-state index contributed by atoms with van der Waals surface area (Å²) >= 11 is 0. The van der Waals surface area contributed by atoms with Crippen LogP contribution in [0.15, 0.2) is 24.3 Å². The van der Waals surface area contributed by atoms with Gasteiger partial charge in [-0.1, -0.05) is 51.7 Å². The summed E-state index contributed by atoms with van der Waals surface area (Å²) < 4.78 is 33.3. The van der Waals surface area contributed by atoms with E-state index in [2.05, 4.69) is 13.8 Å². The van der Waals surface area contributed by atoms with Gasteiger partial charge in [0, 0.05) is 0 Å². The van der Waals surface area contributed by atoms with Crippen LogP contribution in [0.5, 0.6) is 5.75 Å². The average molecular weight is 296 g/mol. The van der Waals surface area contributed by atoms with Crippen molar-refractivity contribution in [3.63, 3.8) is 0 Å². The molecule has 0 bridgehead atoms. The molecule has 1 nitrogen and oxygen atoms in total. The zero-order chi connectivity index (χ0) is 15.3. The Morgan fingerprint density at radius 2 is 1.76 bits per heavy atom. The van der Waals surface area contributed by atoms with E-state index in [4.69, 9.17) is 4.74 Å². The van der Waals surface area contributed by atoms with E-state index >= 15 is 0 Å². The normalized spacial score (nSPS) is 18.5. The monoisotopic (exact) mass is 296 g/mol. The quantitative estimate of drug-likeness (QED) is 0.612. The van der Waals surface area contributed by atoms with Gasteiger partial charge < -0.3 is 4.74 Å². The third kappa shape index (κ3) is 4.42. The van der Waals surface area contributed by atoms with E-state index in [0.717, 1.165) is 32.1 Å². The van der Waals surface area contributed by atoms with Crippen molar-refractivity contribution in [2.24, 2.45) is 5.92 Å². The molecule has 1 aliphatic rings. The largest absolute Gasteiger partial charge is 0.432 e. The van der Waals surface area contributed by atoms with Gasteiger partial charge in [0.2, 0.25) is 0 Å². The Bertz CT molecular complexity index is 421. The van der Waals surface area contributed by atoms with Crippen molar-refractivity contribution in [3.05, 3.63) is 29.8 Å². The minimum Gasteiger partial charge on any atom is -0.432 e. The first-order valence-electron chi connectivity index (χ1n) is 8.19. The molecule has 1 saturated carbocycles. The molecule has 0 saturated heterocycles. The maximum Gasteiger partial charge on any atom is 0.400 e. The second kappa shape index (κ2) is 7.24. The summed E-state index contributed by atoms with van der Waals surface area (Å²) in [5.74, 6) is 0.103. The lowest BCUT2D eigenvalue weighted by Crippen LogP contribution is -2.35. The summed E-state index contributed by atoms with van der Waals surface area (Å²) in [5.41, 5.74) is 1.19. The van der Waals surface area contributed by atoms with Gasteiger partial charge in [-0.05, 0) is 42.9 Å². The molecule has 1 aromatic carbocycles. The van der Waals surface area contributed by atoms with Gasteiger partial charge in [0.05, 0.1) is 5.92 Å². The van der Waals surface area contributed by atoms with Crippen LogP contribution in [0.1, 0.15) is 70.3 Å². The highest BCUT2D eigenvalue weighted by molar-refractivity contribution is 5.29. The van der Waals surface area contributed by atoms with Crippen LogP contribution in [0.3, 0.4) is 0 Å². The zero-order valence-electron chi connectivity index (χ0n) is 13.1. The zero-order valence-corrected chi connectivity index (χ0v) is 13.1. The van der Waals surface area contributed by atoms with E-state index in [9.17, 15) is 8.78 Å². The molecule has 0 spiro atoms. The maximum absolute atomic E-state index is 14.2. The van der Waals surface area contributed by atoms with Crippen LogP contribution < -0.4 is 4.74 Å². The van der Waals surface area contributed by atoms with E-state index in [1.165, 1.54) is 5.56 Å². The molecule has 0 heterocycles. The van der Waals surface area contributed by atoms with Crippen molar-refractivity contribution in [1.82, 2.24) is 0 Å². The molecule has 21 heavy (non-hydrogen) atoms. The smallest absolute Gasteiger partial charge is 0.400 e. The van der Waals surface area contributed by atoms with E-state index < -0.39 is 12.0 Å². The Morgan fingerprint density at radius 1 is 1.14 bits per heavy atom. The fourth-order valence-electron chi connectivity index (χ4n) is 3.14. The molecular weight excluding hydrogens is 270 g/mol. The summed E-state index contributed by atoms with van der Waals surface area (Å²) in [5, 5.41) is 0. The van der Waals surface area contributed by atoms with Crippen molar-refractivity contribution in [2.75, 3.05) is 0 Å². The second-order valence-corrected chi connectivity index (χ2v) is 6.26. The summed E-state index contributed by atoms with van der Waals surface area (Å²) in [7, 11) is 0. The summed E-state index contributed by atoms with van der Waals surface area (Å²) in [6.07, 6.45) is 3.16. The molecule has 0 aliphatic heterocycles. The lowest BCUT2D eigenvalue weighted by molar-refractivity contribution is -0.221. The van der Waals surface area contributed by atoms with E-state index in [-0.39, 0.29) is 5.75 Å². The highest BCUT2D eigenvalue weighted by atomic mass is 19.3. The Kier molecular flexibility index (Phi) is 5.60. The molecule has 118 valence electrons. The molecule has 1 aliphatic carbocycles. The summed E-state index contributed by atoms with van der Waals surface area (Å²) in [6.45, 7) is 4.31. The standard InChI is InChI=1S/C18H26F2O/c1-3-7-14(2)15-10-12-17(13-11-15)21-18(19,20)16-8-5-4-6-9-16/h10-14,16H,3-9H2,1-2H3. The number of alkyl halides is 2. The number of ether oxygens (including phenoxy) is 1. The van der Waals surface area contributed by atoms with Gasteiger partial charge in [-0.2, -0.15) is 8.78 Å². The van der Waals surface area contributed by atoms with Gasteiger partial charge in [0.25, 0.3) is 0 Å². The molecule has 1 fully saturated rings. The molecule has 2 rings (SSSR count). The molecular formula is C18H26F2O. The molecule has 1 aromatic rings. The topological polar surface area (TPSA) is 9.23 Å². The van der Waals surface area contributed by atoms with Gasteiger partial charge in [0.15, 0.2) is 0 Å². The van der Waals surface area contributed by atoms with Crippen LogP contribution in [-0.2, 0) is 0 Å². The van der Waals surface area contributed by atoms with Crippen LogP contribution in [0.25, 0.3) is 0 Å². The Morgan fingerprint density at radius 3 is 2.33 bits per heavy atom. The molecule has 0 N–H and O–H groups in total. The van der Waals surface area contributed by atoms with Gasteiger partial charge >= 0.3 is 6.11 Å². The summed E-state index contributed by atoms with van der Waals surface area (Å²) in [4.78, 5) is 0. The second-order valence-electron chi connectivity index (χ2n) is 6.26. The maximum atomic E-state index is 14.2. The first-order valence-corrected chi connectivity index (χ1v) is 8.19. The molecule has 3 heteroatoms. The fraction of sp³-hybridized carbons (Fsp3) is 0.667. The van der Waals surface area contributed by atoms with Crippen molar-refractivity contribution in [2.45, 2.75) is 70.8 Å². The van der Waals surface area contributed by atoms with E-state index in [1.54, 1.807) is 12.1 Å². The number of benzene rings is 1. The molecule has 1 atom stereocenters. The first kappa shape index (κ1) is 16.3. The van der Waals surface area contributed by atoms with Gasteiger partial charge in [0.1, 0.15) is 5.75 Å². The predicted octanol–water partition coefficient (Wildman–Crippen LogP) is 6.14. The third-order valence-corrected chi connectivity index (χ3v) is 4.51.